The Morgan fingerprint density at radius 2 is 2.07 bits per heavy atom. The van der Waals surface area contributed by atoms with E-state index in [0.29, 0.717) is 48.2 Å². The molecule has 1 atom stereocenters. The van der Waals surface area contributed by atoms with Crippen molar-refractivity contribution in [2.45, 2.75) is 32.7 Å². The molecule has 1 aliphatic heterocycles. The molecule has 0 spiro atoms. The lowest BCUT2D eigenvalue weighted by Crippen LogP contribution is -2.52. The second-order valence-corrected chi connectivity index (χ2v) is 7.88. The van der Waals surface area contributed by atoms with E-state index in [1.807, 2.05) is 13.8 Å². The van der Waals surface area contributed by atoms with E-state index in [0.717, 1.165) is 4.47 Å². The highest BCUT2D eigenvalue weighted by molar-refractivity contribution is 9.10. The molecule has 1 aliphatic rings. The van der Waals surface area contributed by atoms with Gasteiger partial charge in [-0.3, -0.25) is 0 Å². The van der Waals surface area contributed by atoms with Gasteiger partial charge in [0.1, 0.15) is 18.0 Å². The maximum absolute atomic E-state index is 14.5. The van der Waals surface area contributed by atoms with Crippen molar-refractivity contribution in [3.05, 3.63) is 34.6 Å². The van der Waals surface area contributed by atoms with E-state index >= 15 is 0 Å². The van der Waals surface area contributed by atoms with Crippen LogP contribution in [0.4, 0.5) is 16.2 Å². The van der Waals surface area contributed by atoms with Crippen LogP contribution in [0.1, 0.15) is 32.6 Å². The van der Waals surface area contributed by atoms with Crippen LogP contribution in [0.3, 0.4) is 0 Å². The third kappa shape index (κ3) is 3.24. The van der Waals surface area contributed by atoms with Crippen LogP contribution >= 0.6 is 15.9 Å². The first-order valence-corrected chi connectivity index (χ1v) is 9.69. The van der Waals surface area contributed by atoms with Gasteiger partial charge < -0.3 is 14.3 Å². The molecule has 1 fully saturated rings. The molecule has 4 rings (SSSR count). The van der Waals surface area contributed by atoms with E-state index in [1.54, 1.807) is 6.07 Å². The van der Waals surface area contributed by atoms with Crippen LogP contribution in [0.15, 0.2) is 27.5 Å². The molecule has 142 valence electrons. The fraction of sp³-hybridized carbons (Fsp3) is 0.444. The number of fused-ring (bicyclic) bond motifs is 1. The fourth-order valence-corrected chi connectivity index (χ4v) is 3.78. The summed E-state index contributed by atoms with van der Waals surface area (Å²) in [7, 11) is 0. The van der Waals surface area contributed by atoms with Crippen molar-refractivity contribution >= 4 is 38.6 Å². The number of nitrogens with zero attached hydrogens (tertiary/aromatic N) is 6. The Kier molecular flexibility index (Phi) is 4.71. The highest BCUT2D eigenvalue weighted by Crippen LogP contribution is 2.32. The maximum Gasteiger partial charge on any atom is 0.266 e. The average Bonchev–Trinajstić information content (AvgIpc) is 3.14. The van der Waals surface area contributed by atoms with Crippen LogP contribution in [-0.4, -0.2) is 45.8 Å². The number of hydrogen-bond donors (Lipinski definition) is 0. The third-order valence-corrected chi connectivity index (χ3v) is 5.42. The van der Waals surface area contributed by atoms with E-state index < -0.39 is 0 Å². The largest absolute Gasteiger partial charge is 0.352 e. The lowest BCUT2D eigenvalue weighted by molar-refractivity contribution is 0.363. The van der Waals surface area contributed by atoms with Crippen molar-refractivity contribution in [2.75, 3.05) is 29.4 Å². The smallest absolute Gasteiger partial charge is 0.266 e. The lowest BCUT2D eigenvalue weighted by atomic mass is 10.1. The lowest BCUT2D eigenvalue weighted by Gasteiger charge is -2.39. The minimum Gasteiger partial charge on any atom is -0.352 e. The number of aromatic nitrogens is 4. The van der Waals surface area contributed by atoms with Crippen LogP contribution in [0.5, 0.6) is 0 Å². The van der Waals surface area contributed by atoms with Gasteiger partial charge in [-0.05, 0) is 40.1 Å². The van der Waals surface area contributed by atoms with Crippen molar-refractivity contribution in [1.29, 1.82) is 0 Å². The minimum absolute atomic E-state index is 0.122. The van der Waals surface area contributed by atoms with Gasteiger partial charge in [-0.2, -0.15) is 4.98 Å². The molecule has 1 aromatic carbocycles. The first-order valence-electron chi connectivity index (χ1n) is 8.89. The number of halogens is 2. The molecule has 0 bridgehead atoms. The Morgan fingerprint density at radius 3 is 2.78 bits per heavy atom. The van der Waals surface area contributed by atoms with Crippen molar-refractivity contribution in [1.82, 2.24) is 20.1 Å². The Balaban J connectivity index is 1.62. The quantitative estimate of drug-likeness (QED) is 0.621. The van der Waals surface area contributed by atoms with Crippen LogP contribution in [0.2, 0.25) is 0 Å². The van der Waals surface area contributed by atoms with E-state index in [1.165, 1.54) is 12.4 Å². The minimum atomic E-state index is -0.321. The molecule has 1 saturated heterocycles. The molecule has 0 radical (unpaired) electrons. The Labute approximate surface area is 164 Å². The van der Waals surface area contributed by atoms with Crippen LogP contribution in [-0.2, 0) is 0 Å². The summed E-state index contributed by atoms with van der Waals surface area (Å²) in [6, 6.07) is 3.22. The summed E-state index contributed by atoms with van der Waals surface area (Å²) in [6.07, 6.45) is 1.48. The SMILES string of the molecule is CC(C)c1nc(N2CCN(c3ncnc4c(Br)ccc(F)c34)C[C@@H]2C)no1. The second-order valence-electron chi connectivity index (χ2n) is 7.03. The number of piperazine rings is 1. The van der Waals surface area contributed by atoms with Crippen LogP contribution < -0.4 is 9.80 Å². The molecule has 9 heteroatoms. The molecule has 0 N–H and O–H groups in total. The number of rotatable bonds is 3. The maximum atomic E-state index is 14.5. The Morgan fingerprint density at radius 1 is 1.26 bits per heavy atom. The summed E-state index contributed by atoms with van der Waals surface area (Å²) in [5.41, 5.74) is 0.579. The predicted molar refractivity (Wildman–Crippen MR) is 105 cm³/mol. The normalized spacial score (nSPS) is 17.9. The first kappa shape index (κ1) is 18.1. The standard InChI is InChI=1S/C18H20BrFN6O/c1-10(2)17-23-18(24-27-17)26-7-6-25(8-11(26)3)16-14-13(20)5-4-12(19)15(14)21-9-22-16/h4-5,9-11H,6-8H2,1-3H3/t11-/m0/s1. The van der Waals surface area contributed by atoms with Crippen molar-refractivity contribution in [3.63, 3.8) is 0 Å². The van der Waals surface area contributed by atoms with Crippen molar-refractivity contribution < 1.29 is 8.91 Å². The molecule has 7 nitrogen and oxygen atoms in total. The molecule has 3 aromatic rings. The van der Waals surface area contributed by atoms with E-state index in [-0.39, 0.29) is 17.8 Å². The highest BCUT2D eigenvalue weighted by atomic mass is 79.9. The topological polar surface area (TPSA) is 71.2 Å². The summed E-state index contributed by atoms with van der Waals surface area (Å²) in [6.45, 7) is 8.17. The predicted octanol–water partition coefficient (Wildman–Crippen LogP) is 3.75. The van der Waals surface area contributed by atoms with Crippen molar-refractivity contribution in [2.24, 2.45) is 0 Å². The van der Waals surface area contributed by atoms with Gasteiger partial charge in [0.25, 0.3) is 5.95 Å². The monoisotopic (exact) mass is 434 g/mol. The molecule has 0 amide bonds. The number of anilines is 2. The van der Waals surface area contributed by atoms with Crippen LogP contribution in [0, 0.1) is 5.82 Å². The van der Waals surface area contributed by atoms with Gasteiger partial charge in [0.05, 0.1) is 10.9 Å². The van der Waals surface area contributed by atoms with Gasteiger partial charge in [-0.25, -0.2) is 14.4 Å². The second kappa shape index (κ2) is 7.03. The molecular formula is C18H20BrFN6O. The average molecular weight is 435 g/mol. The van der Waals surface area contributed by atoms with Gasteiger partial charge in [-0.1, -0.05) is 13.8 Å². The van der Waals surface area contributed by atoms with Crippen LogP contribution in [0.25, 0.3) is 10.9 Å². The molecule has 27 heavy (non-hydrogen) atoms. The summed E-state index contributed by atoms with van der Waals surface area (Å²) in [4.78, 5) is 17.3. The zero-order chi connectivity index (χ0) is 19.1. The Hall–Kier alpha value is -2.29. The van der Waals surface area contributed by atoms with Crippen molar-refractivity contribution in [3.8, 4) is 0 Å². The third-order valence-electron chi connectivity index (χ3n) is 4.78. The summed E-state index contributed by atoms with van der Waals surface area (Å²) in [5, 5.41) is 4.55. The zero-order valence-corrected chi connectivity index (χ0v) is 16.9. The number of hydrogen-bond acceptors (Lipinski definition) is 7. The van der Waals surface area contributed by atoms with Gasteiger partial charge in [0.2, 0.25) is 5.89 Å². The molecule has 0 saturated carbocycles. The molecule has 0 unspecified atom stereocenters. The number of benzene rings is 1. The fourth-order valence-electron chi connectivity index (χ4n) is 3.35. The van der Waals surface area contributed by atoms with E-state index in [9.17, 15) is 4.39 Å². The molecular weight excluding hydrogens is 415 g/mol. The molecule has 3 heterocycles. The van der Waals surface area contributed by atoms with Gasteiger partial charge in [-0.15, -0.1) is 0 Å². The summed E-state index contributed by atoms with van der Waals surface area (Å²) < 4.78 is 20.6. The van der Waals surface area contributed by atoms with E-state index in [2.05, 4.69) is 52.8 Å². The van der Waals surface area contributed by atoms with Gasteiger partial charge in [0.15, 0.2) is 0 Å². The van der Waals surface area contributed by atoms with Gasteiger partial charge in [0, 0.05) is 36.1 Å². The van der Waals surface area contributed by atoms with Gasteiger partial charge >= 0.3 is 0 Å². The highest BCUT2D eigenvalue weighted by Gasteiger charge is 2.29. The summed E-state index contributed by atoms with van der Waals surface area (Å²) in [5.74, 6) is 1.72. The Bertz CT molecular complexity index is 978. The molecule has 2 aromatic heterocycles. The summed E-state index contributed by atoms with van der Waals surface area (Å²) >= 11 is 3.44. The van der Waals surface area contributed by atoms with E-state index in [4.69, 9.17) is 4.52 Å². The molecule has 0 aliphatic carbocycles. The first-order chi connectivity index (χ1) is 13.0. The zero-order valence-electron chi connectivity index (χ0n) is 15.4.